The second-order valence-corrected chi connectivity index (χ2v) is 3.07. The minimum Gasteiger partial charge on any atom is -0.501 e. The van der Waals surface area contributed by atoms with Crippen LogP contribution in [0.4, 0.5) is 4.39 Å². The third-order valence-electron chi connectivity index (χ3n) is 1.96. The van der Waals surface area contributed by atoms with Gasteiger partial charge in [0.05, 0.1) is 6.10 Å². The number of halogens is 1. The molecule has 0 heterocycles. The number of hydrogen-bond donors (Lipinski definition) is 0. The van der Waals surface area contributed by atoms with Gasteiger partial charge in [0.25, 0.3) is 0 Å². The zero-order valence-electron chi connectivity index (χ0n) is 9.70. The van der Waals surface area contributed by atoms with Crippen molar-refractivity contribution in [3.63, 3.8) is 0 Å². The van der Waals surface area contributed by atoms with Gasteiger partial charge in [-0.3, -0.25) is 6.58 Å². The Labute approximate surface area is 108 Å². The van der Waals surface area contributed by atoms with Crippen molar-refractivity contribution >= 4 is 0 Å². The molecule has 0 amide bonds. The van der Waals surface area contributed by atoms with E-state index in [4.69, 9.17) is 9.47 Å². The average molecular weight is 216 g/mol. The average Bonchev–Trinajstić information content (AvgIpc) is 2.25. The summed E-state index contributed by atoms with van der Waals surface area (Å²) in [5, 5.41) is 0. The third kappa shape index (κ3) is 4.96. The molecule has 82 valence electrons. The second kappa shape index (κ2) is 8.55. The Balaban J connectivity index is 0.00000225. The Bertz CT molecular complexity index is 300. The minimum atomic E-state index is -0.258. The summed E-state index contributed by atoms with van der Waals surface area (Å²) in [5.74, 6) is -0.258. The van der Waals surface area contributed by atoms with Gasteiger partial charge in [0.15, 0.2) is 0 Å². The Kier molecular flexibility index (Phi) is 8.23. The molecule has 1 aromatic carbocycles. The van der Waals surface area contributed by atoms with Crippen LogP contribution in [-0.4, -0.2) is 13.9 Å². The quantitative estimate of drug-likeness (QED) is 0.374. The smallest absolute Gasteiger partial charge is 0.501 e. The van der Waals surface area contributed by atoms with Crippen LogP contribution in [0.2, 0.25) is 0 Å². The summed E-state index contributed by atoms with van der Waals surface area (Å²) >= 11 is 0. The van der Waals surface area contributed by atoms with E-state index < -0.39 is 0 Å². The summed E-state index contributed by atoms with van der Waals surface area (Å²) in [5.41, 5.74) is 0.893. The molecule has 1 aromatic rings. The van der Waals surface area contributed by atoms with Crippen molar-refractivity contribution in [3.05, 3.63) is 48.3 Å². The fraction of sp³-hybridized carbons (Fsp3) is 0.333. The maximum atomic E-state index is 12.7. The minimum absolute atomic E-state index is 0. The molecule has 0 spiro atoms. The van der Waals surface area contributed by atoms with E-state index in [-0.39, 0.29) is 37.6 Å². The number of benzene rings is 1. The Morgan fingerprint density at radius 1 is 1.38 bits per heavy atom. The summed E-state index contributed by atoms with van der Waals surface area (Å²) in [6.07, 6.45) is 3.14. The van der Waals surface area contributed by atoms with Crippen LogP contribution in [0.15, 0.2) is 30.8 Å². The van der Waals surface area contributed by atoms with Crippen LogP contribution in [0.1, 0.15) is 18.1 Å². The molecule has 0 aliphatic rings. The van der Waals surface area contributed by atoms with Gasteiger partial charge in [-0.15, -0.1) is 0 Å². The van der Waals surface area contributed by atoms with Crippen LogP contribution in [0.3, 0.4) is 0 Å². The largest absolute Gasteiger partial charge is 1.00 e. The van der Waals surface area contributed by atoms with Gasteiger partial charge in [-0.1, -0.05) is 12.1 Å². The molecule has 1 rings (SSSR count). The van der Waals surface area contributed by atoms with Gasteiger partial charge < -0.3 is 15.5 Å². The molecule has 16 heavy (non-hydrogen) atoms. The van der Waals surface area contributed by atoms with Crippen LogP contribution < -0.4 is 18.9 Å². The summed E-state index contributed by atoms with van der Waals surface area (Å²) in [6, 6.07) is 6.18. The molecule has 0 fully saturated rings. The van der Waals surface area contributed by atoms with Crippen LogP contribution >= 0.6 is 0 Å². The van der Waals surface area contributed by atoms with Crippen LogP contribution in [0.5, 0.6) is 0 Å². The standard InChI is InChI=1S/C12H14FO2.Li/c1-3-4-12(15-9-14-2)10-5-7-11(13)8-6-10;/h5-8,12H,1,4,9H2,2H3;/q-1;+1. The van der Waals surface area contributed by atoms with Gasteiger partial charge in [-0.2, -0.15) is 6.42 Å². The van der Waals surface area contributed by atoms with Crippen molar-refractivity contribution in [1.29, 1.82) is 0 Å². The van der Waals surface area contributed by atoms with Gasteiger partial charge in [0.2, 0.25) is 0 Å². The van der Waals surface area contributed by atoms with E-state index in [0.29, 0.717) is 6.42 Å². The molecule has 4 heteroatoms. The second-order valence-electron chi connectivity index (χ2n) is 3.07. The summed E-state index contributed by atoms with van der Waals surface area (Å²) < 4.78 is 22.9. The first-order valence-electron chi connectivity index (χ1n) is 4.64. The first-order chi connectivity index (χ1) is 7.27. The van der Waals surface area contributed by atoms with Crippen LogP contribution in [0, 0.1) is 11.9 Å². The molecule has 0 radical (unpaired) electrons. The molecule has 0 bridgehead atoms. The van der Waals surface area contributed by atoms with Gasteiger partial charge in [-0.05, 0) is 17.7 Å². The molecule has 0 N–H and O–H groups in total. The van der Waals surface area contributed by atoms with Crippen molar-refractivity contribution < 1.29 is 32.7 Å². The third-order valence-corrected chi connectivity index (χ3v) is 1.96. The van der Waals surface area contributed by atoms with E-state index in [1.807, 2.05) is 0 Å². The van der Waals surface area contributed by atoms with Crippen LogP contribution in [0.25, 0.3) is 0 Å². The van der Waals surface area contributed by atoms with Crippen molar-refractivity contribution in [2.75, 3.05) is 13.9 Å². The predicted molar refractivity (Wildman–Crippen MR) is 55.6 cm³/mol. The van der Waals surface area contributed by atoms with Gasteiger partial charge in [0.1, 0.15) is 12.6 Å². The number of hydrogen-bond acceptors (Lipinski definition) is 2. The summed E-state index contributed by atoms with van der Waals surface area (Å²) in [7, 11) is 1.55. The number of methoxy groups -OCH3 is 1. The van der Waals surface area contributed by atoms with Gasteiger partial charge in [0, 0.05) is 7.11 Å². The first-order valence-corrected chi connectivity index (χ1v) is 4.64. The zero-order valence-corrected chi connectivity index (χ0v) is 9.70. The fourth-order valence-corrected chi connectivity index (χ4v) is 1.23. The van der Waals surface area contributed by atoms with Crippen molar-refractivity contribution in [1.82, 2.24) is 0 Å². The molecule has 2 nitrogen and oxygen atoms in total. The maximum absolute atomic E-state index is 12.7. The first kappa shape index (κ1) is 15.4. The zero-order chi connectivity index (χ0) is 11.1. The Morgan fingerprint density at radius 3 is 2.50 bits per heavy atom. The number of rotatable bonds is 6. The van der Waals surface area contributed by atoms with E-state index >= 15 is 0 Å². The van der Waals surface area contributed by atoms with E-state index in [1.165, 1.54) is 12.1 Å². The Morgan fingerprint density at radius 2 is 2.00 bits per heavy atom. The SMILES string of the molecule is C=[C-]CC(OCOC)c1ccc(F)cc1.[Li+]. The summed E-state index contributed by atoms with van der Waals surface area (Å²) in [6.45, 7) is 3.73. The van der Waals surface area contributed by atoms with Crippen molar-refractivity contribution in [3.8, 4) is 0 Å². The summed E-state index contributed by atoms with van der Waals surface area (Å²) in [4.78, 5) is 0. The van der Waals surface area contributed by atoms with Gasteiger partial charge >= 0.3 is 18.9 Å². The molecule has 1 atom stereocenters. The normalized spacial score (nSPS) is 11.6. The predicted octanol–water partition coefficient (Wildman–Crippen LogP) is -0.129. The van der Waals surface area contributed by atoms with Crippen molar-refractivity contribution in [2.24, 2.45) is 0 Å². The molecular weight excluding hydrogens is 202 g/mol. The van der Waals surface area contributed by atoms with Crippen molar-refractivity contribution in [2.45, 2.75) is 12.5 Å². The van der Waals surface area contributed by atoms with E-state index in [9.17, 15) is 4.39 Å². The van der Waals surface area contributed by atoms with Crippen LogP contribution in [-0.2, 0) is 9.47 Å². The van der Waals surface area contributed by atoms with E-state index in [0.717, 1.165) is 5.56 Å². The molecule has 0 aromatic heterocycles. The monoisotopic (exact) mass is 216 g/mol. The molecule has 0 aliphatic heterocycles. The molecule has 1 unspecified atom stereocenters. The molecule has 0 aliphatic carbocycles. The fourth-order valence-electron chi connectivity index (χ4n) is 1.23. The number of ether oxygens (including phenoxy) is 2. The maximum Gasteiger partial charge on any atom is 1.00 e. The molecule has 0 saturated carbocycles. The molecular formula is C12H14FLiO2. The Hall–Kier alpha value is -0.593. The topological polar surface area (TPSA) is 18.5 Å². The van der Waals surface area contributed by atoms with E-state index in [2.05, 4.69) is 12.7 Å². The molecule has 0 saturated heterocycles. The van der Waals surface area contributed by atoms with E-state index in [1.54, 1.807) is 19.2 Å². The van der Waals surface area contributed by atoms with Gasteiger partial charge in [-0.25, -0.2) is 4.39 Å².